The average Bonchev–Trinajstić information content (AvgIpc) is 2.76. The van der Waals surface area contributed by atoms with Crippen molar-refractivity contribution in [2.24, 2.45) is 0 Å². The van der Waals surface area contributed by atoms with Crippen molar-refractivity contribution in [1.29, 1.82) is 0 Å². The highest BCUT2D eigenvalue weighted by Crippen LogP contribution is 2.18. The molecule has 3 aromatic rings. The summed E-state index contributed by atoms with van der Waals surface area (Å²) in [5.74, 6) is -0.376. The molecule has 1 fully saturated rings. The smallest absolute Gasteiger partial charge is 0.349 e. The van der Waals surface area contributed by atoms with E-state index in [0.29, 0.717) is 12.1 Å². The standard InChI is InChI=1S/C24H27N3O3/c1-18-6-4-8-20(16-18)27-14-12-26(13-15-27)11-5-10-25-23(28)21-17-19-7-2-3-9-22(19)30-24(21)29/h2-4,6-9,16-17H,5,10-15H2,1H3,(H,25,28). The molecule has 0 spiro atoms. The molecule has 1 saturated heterocycles. The van der Waals surface area contributed by atoms with Gasteiger partial charge in [-0.3, -0.25) is 9.69 Å². The fraction of sp³-hybridized carbons (Fsp3) is 0.333. The van der Waals surface area contributed by atoms with Crippen LogP contribution in [-0.4, -0.2) is 50.1 Å². The van der Waals surface area contributed by atoms with Gasteiger partial charge in [0.1, 0.15) is 11.1 Å². The van der Waals surface area contributed by atoms with Crippen LogP contribution in [0.1, 0.15) is 22.3 Å². The molecule has 1 amide bonds. The Balaban J connectivity index is 1.23. The number of hydrogen-bond acceptors (Lipinski definition) is 5. The lowest BCUT2D eigenvalue weighted by Gasteiger charge is -2.36. The van der Waals surface area contributed by atoms with Crippen LogP contribution in [0.3, 0.4) is 0 Å². The number of nitrogens with zero attached hydrogens (tertiary/aromatic N) is 2. The second-order valence-electron chi connectivity index (χ2n) is 7.76. The molecule has 1 aromatic heterocycles. The Morgan fingerprint density at radius 1 is 1.03 bits per heavy atom. The summed E-state index contributed by atoms with van der Waals surface area (Å²) in [6, 6.07) is 17.4. The molecule has 0 radical (unpaired) electrons. The number of amides is 1. The van der Waals surface area contributed by atoms with Crippen LogP contribution in [0.5, 0.6) is 0 Å². The van der Waals surface area contributed by atoms with Gasteiger partial charge in [0.15, 0.2) is 0 Å². The van der Waals surface area contributed by atoms with Gasteiger partial charge in [-0.2, -0.15) is 0 Å². The second-order valence-corrected chi connectivity index (χ2v) is 7.76. The summed E-state index contributed by atoms with van der Waals surface area (Å²) < 4.78 is 5.24. The molecule has 1 aliphatic rings. The van der Waals surface area contributed by atoms with Crippen LogP contribution < -0.4 is 15.8 Å². The van der Waals surface area contributed by atoms with Crippen molar-refractivity contribution >= 4 is 22.6 Å². The second kappa shape index (κ2) is 9.13. The molecular weight excluding hydrogens is 378 g/mol. The van der Waals surface area contributed by atoms with E-state index in [1.807, 2.05) is 12.1 Å². The lowest BCUT2D eigenvalue weighted by Crippen LogP contribution is -2.47. The van der Waals surface area contributed by atoms with Gasteiger partial charge in [-0.25, -0.2) is 4.79 Å². The van der Waals surface area contributed by atoms with Crippen LogP contribution in [-0.2, 0) is 0 Å². The summed E-state index contributed by atoms with van der Waals surface area (Å²) >= 11 is 0. The van der Waals surface area contributed by atoms with Crippen LogP contribution >= 0.6 is 0 Å². The maximum absolute atomic E-state index is 12.4. The number of nitrogens with one attached hydrogen (secondary N) is 1. The van der Waals surface area contributed by atoms with Gasteiger partial charge in [0, 0.05) is 43.8 Å². The van der Waals surface area contributed by atoms with Crippen molar-refractivity contribution in [2.75, 3.05) is 44.2 Å². The van der Waals surface area contributed by atoms with Crippen LogP contribution in [0.2, 0.25) is 0 Å². The Morgan fingerprint density at radius 3 is 2.63 bits per heavy atom. The van der Waals surface area contributed by atoms with E-state index in [4.69, 9.17) is 4.42 Å². The minimum Gasteiger partial charge on any atom is -0.422 e. The van der Waals surface area contributed by atoms with E-state index in [2.05, 4.69) is 46.3 Å². The minimum absolute atomic E-state index is 0.0560. The summed E-state index contributed by atoms with van der Waals surface area (Å²) in [7, 11) is 0. The number of piperazine rings is 1. The lowest BCUT2D eigenvalue weighted by atomic mass is 10.2. The summed E-state index contributed by atoms with van der Waals surface area (Å²) in [6.07, 6.45) is 0.842. The van der Waals surface area contributed by atoms with Gasteiger partial charge in [0.05, 0.1) is 0 Å². The molecule has 2 heterocycles. The van der Waals surface area contributed by atoms with Crippen LogP contribution in [0, 0.1) is 6.92 Å². The maximum atomic E-state index is 12.4. The van der Waals surface area contributed by atoms with Gasteiger partial charge < -0.3 is 14.6 Å². The summed E-state index contributed by atoms with van der Waals surface area (Å²) in [5, 5.41) is 3.59. The van der Waals surface area contributed by atoms with E-state index in [0.717, 1.165) is 44.5 Å². The first-order valence-electron chi connectivity index (χ1n) is 10.5. The van der Waals surface area contributed by atoms with Crippen molar-refractivity contribution in [1.82, 2.24) is 10.2 Å². The fourth-order valence-electron chi connectivity index (χ4n) is 3.87. The zero-order chi connectivity index (χ0) is 20.9. The number of benzene rings is 2. The molecule has 1 N–H and O–H groups in total. The normalized spacial score (nSPS) is 14.8. The SMILES string of the molecule is Cc1cccc(N2CCN(CCCNC(=O)c3cc4ccccc4oc3=O)CC2)c1. The van der Waals surface area contributed by atoms with Crippen molar-refractivity contribution in [2.45, 2.75) is 13.3 Å². The molecule has 6 heteroatoms. The maximum Gasteiger partial charge on any atom is 0.349 e. The van der Waals surface area contributed by atoms with E-state index >= 15 is 0 Å². The Morgan fingerprint density at radius 2 is 1.83 bits per heavy atom. The Bertz CT molecular complexity index is 1080. The van der Waals surface area contributed by atoms with Crippen LogP contribution in [0.25, 0.3) is 11.0 Å². The van der Waals surface area contributed by atoms with Crippen LogP contribution in [0.15, 0.2) is 63.8 Å². The van der Waals surface area contributed by atoms with E-state index < -0.39 is 5.63 Å². The summed E-state index contributed by atoms with van der Waals surface area (Å²) in [6.45, 7) is 7.61. The molecule has 6 nitrogen and oxygen atoms in total. The van der Waals surface area contributed by atoms with Gasteiger partial charge in [-0.1, -0.05) is 30.3 Å². The number of fused-ring (bicyclic) bond motifs is 1. The highest BCUT2D eigenvalue weighted by Gasteiger charge is 2.17. The molecule has 30 heavy (non-hydrogen) atoms. The Kier molecular flexibility index (Phi) is 6.14. The quantitative estimate of drug-likeness (QED) is 0.504. The predicted octanol–water partition coefficient (Wildman–Crippen LogP) is 3.04. The number of carbonyl (C=O) groups is 1. The largest absolute Gasteiger partial charge is 0.422 e. The first kappa shape index (κ1) is 20.2. The Labute approximate surface area is 176 Å². The topological polar surface area (TPSA) is 65.8 Å². The first-order chi connectivity index (χ1) is 14.6. The molecule has 1 aliphatic heterocycles. The molecule has 0 bridgehead atoms. The van der Waals surface area contributed by atoms with Gasteiger partial charge in [-0.05, 0) is 49.7 Å². The predicted molar refractivity (Wildman–Crippen MR) is 119 cm³/mol. The monoisotopic (exact) mass is 405 g/mol. The molecule has 0 unspecified atom stereocenters. The van der Waals surface area contributed by atoms with Crippen molar-refractivity contribution in [3.63, 3.8) is 0 Å². The van der Waals surface area contributed by atoms with Gasteiger partial charge >= 0.3 is 5.63 Å². The fourth-order valence-corrected chi connectivity index (χ4v) is 3.87. The molecule has 0 saturated carbocycles. The molecule has 156 valence electrons. The number of rotatable bonds is 6. The molecule has 2 aromatic carbocycles. The number of hydrogen-bond donors (Lipinski definition) is 1. The van der Waals surface area contributed by atoms with Crippen molar-refractivity contribution in [3.8, 4) is 0 Å². The lowest BCUT2D eigenvalue weighted by molar-refractivity contribution is 0.0948. The molecule has 0 aliphatic carbocycles. The van der Waals surface area contributed by atoms with Gasteiger partial charge in [0.2, 0.25) is 0 Å². The highest BCUT2D eigenvalue weighted by atomic mass is 16.4. The van der Waals surface area contributed by atoms with Crippen LogP contribution in [0.4, 0.5) is 5.69 Å². The molecule has 4 rings (SSSR count). The number of anilines is 1. The van der Waals surface area contributed by atoms with E-state index in [1.54, 1.807) is 18.2 Å². The summed E-state index contributed by atoms with van der Waals surface area (Å²) in [5.41, 5.74) is 2.52. The van der Waals surface area contributed by atoms with E-state index in [1.165, 1.54) is 11.3 Å². The number of para-hydroxylation sites is 1. The summed E-state index contributed by atoms with van der Waals surface area (Å²) in [4.78, 5) is 29.3. The third-order valence-electron chi connectivity index (χ3n) is 5.56. The number of carbonyl (C=O) groups excluding carboxylic acids is 1. The van der Waals surface area contributed by atoms with Crippen molar-refractivity contribution in [3.05, 3.63) is 76.1 Å². The van der Waals surface area contributed by atoms with E-state index in [9.17, 15) is 9.59 Å². The molecular formula is C24H27N3O3. The molecule has 0 atom stereocenters. The minimum atomic E-state index is -0.599. The third-order valence-corrected chi connectivity index (χ3v) is 5.56. The number of aryl methyl sites for hydroxylation is 1. The highest BCUT2D eigenvalue weighted by molar-refractivity contribution is 5.96. The van der Waals surface area contributed by atoms with Gasteiger partial charge in [0.25, 0.3) is 5.91 Å². The van der Waals surface area contributed by atoms with Crippen molar-refractivity contribution < 1.29 is 9.21 Å². The zero-order valence-electron chi connectivity index (χ0n) is 17.3. The first-order valence-corrected chi connectivity index (χ1v) is 10.5. The third kappa shape index (κ3) is 4.71. The Hall–Kier alpha value is -3.12. The van der Waals surface area contributed by atoms with Gasteiger partial charge in [-0.15, -0.1) is 0 Å². The zero-order valence-corrected chi connectivity index (χ0v) is 17.3. The van der Waals surface area contributed by atoms with E-state index in [-0.39, 0.29) is 11.5 Å². The average molecular weight is 405 g/mol.